The molecule has 2 unspecified atom stereocenters. The van der Waals surface area contributed by atoms with Crippen LogP contribution in [0.3, 0.4) is 0 Å². The predicted octanol–water partition coefficient (Wildman–Crippen LogP) is -1.11. The van der Waals surface area contributed by atoms with Crippen LogP contribution in [-0.4, -0.2) is 43.7 Å². The zero-order chi connectivity index (χ0) is 14.6. The van der Waals surface area contributed by atoms with Gasteiger partial charge < -0.3 is 24.7 Å². The van der Waals surface area contributed by atoms with Gasteiger partial charge in [0, 0.05) is 0 Å². The first-order valence-corrected chi connectivity index (χ1v) is 8.30. The molecule has 0 aliphatic rings. The highest BCUT2D eigenvalue weighted by molar-refractivity contribution is 7.66. The maximum Gasteiger partial charge on any atom is 0.490 e. The molecule has 0 fully saturated rings. The third-order valence-corrected chi connectivity index (χ3v) is 4.76. The van der Waals surface area contributed by atoms with E-state index >= 15 is 0 Å². The van der Waals surface area contributed by atoms with E-state index in [1.165, 1.54) is 0 Å². The second kappa shape index (κ2) is 6.47. The Labute approximate surface area is 99.6 Å². The van der Waals surface area contributed by atoms with Gasteiger partial charge in [-0.1, -0.05) is 0 Å². The summed E-state index contributed by atoms with van der Waals surface area (Å²) in [4.78, 5) is 44.4. The van der Waals surface area contributed by atoms with Crippen molar-refractivity contribution in [2.75, 3.05) is 13.2 Å². The fourth-order valence-electron chi connectivity index (χ4n) is 0.502. The number of carbonyl (C=O) groups is 1. The molecule has 0 aliphatic heterocycles. The van der Waals surface area contributed by atoms with Crippen molar-refractivity contribution in [3.63, 3.8) is 0 Å². The predicted molar refractivity (Wildman–Crippen MR) is 51.9 cm³/mol. The summed E-state index contributed by atoms with van der Waals surface area (Å²) in [6.07, 6.45) is 0. The van der Waals surface area contributed by atoms with Crippen molar-refractivity contribution in [2.45, 2.75) is 0 Å². The number of Topliss-reactive ketones (excluding diaryl/α,β-unsaturated/α-hetero) is 1. The normalized spacial score (nSPS) is 18.9. The van der Waals surface area contributed by atoms with E-state index in [1.54, 1.807) is 0 Å². The van der Waals surface area contributed by atoms with Gasteiger partial charge in [-0.05, 0) is 0 Å². The highest BCUT2D eigenvalue weighted by atomic mass is 31.3. The van der Waals surface area contributed by atoms with E-state index in [0.717, 1.165) is 0 Å². The zero-order valence-corrected chi connectivity index (χ0v) is 11.0. The van der Waals surface area contributed by atoms with Gasteiger partial charge in [0.2, 0.25) is 0 Å². The molecule has 0 aromatic heterocycles. The van der Waals surface area contributed by atoms with E-state index in [1.807, 2.05) is 0 Å². The SMILES string of the molecule is O=C(CO)COP(=O)(O)OP(=O)(O)OP(=O)(O)O. The molecule has 0 aromatic carbocycles. The summed E-state index contributed by atoms with van der Waals surface area (Å²) in [7, 11) is -16.3. The van der Waals surface area contributed by atoms with Crippen molar-refractivity contribution < 1.29 is 56.3 Å². The molecule has 0 heterocycles. The van der Waals surface area contributed by atoms with Crippen LogP contribution in [0.4, 0.5) is 0 Å². The number of hydrogen-bond donors (Lipinski definition) is 5. The van der Waals surface area contributed by atoms with Gasteiger partial charge in [-0.3, -0.25) is 9.32 Å². The largest absolute Gasteiger partial charge is 0.490 e. The van der Waals surface area contributed by atoms with Crippen LogP contribution in [0.25, 0.3) is 0 Å². The maximum atomic E-state index is 10.9. The first-order chi connectivity index (χ1) is 7.87. The van der Waals surface area contributed by atoms with Crippen molar-refractivity contribution in [1.29, 1.82) is 0 Å². The summed E-state index contributed by atoms with van der Waals surface area (Å²) in [5.74, 6) is -1.04. The van der Waals surface area contributed by atoms with Gasteiger partial charge in [0.15, 0.2) is 5.78 Å². The molecule has 0 rings (SSSR count). The molecule has 15 heteroatoms. The molecule has 0 saturated carbocycles. The van der Waals surface area contributed by atoms with E-state index in [9.17, 15) is 18.5 Å². The van der Waals surface area contributed by atoms with E-state index in [2.05, 4.69) is 13.1 Å². The second-order valence-corrected chi connectivity index (χ2v) is 6.98. The lowest BCUT2D eigenvalue weighted by molar-refractivity contribution is -0.124. The minimum absolute atomic E-state index is 1.02. The lowest BCUT2D eigenvalue weighted by atomic mass is 10.5. The van der Waals surface area contributed by atoms with Gasteiger partial charge in [-0.2, -0.15) is 8.62 Å². The van der Waals surface area contributed by atoms with E-state index in [0.29, 0.717) is 0 Å². The van der Waals surface area contributed by atoms with Crippen molar-refractivity contribution in [1.82, 2.24) is 0 Å². The summed E-state index contributed by atoms with van der Waals surface area (Å²) >= 11 is 0. The Balaban J connectivity index is 4.57. The van der Waals surface area contributed by atoms with Gasteiger partial charge in [-0.15, -0.1) is 0 Å². The number of carbonyl (C=O) groups excluding carboxylic acids is 1. The minimum Gasteiger partial charge on any atom is -0.388 e. The molecular formula is C3H9O12P3. The minimum atomic E-state index is -5.58. The molecule has 108 valence electrons. The molecule has 0 radical (unpaired) electrons. The molecule has 0 saturated heterocycles. The van der Waals surface area contributed by atoms with Gasteiger partial charge in [-0.25, -0.2) is 13.7 Å². The molecule has 2 atom stereocenters. The number of phosphoric acid groups is 3. The Morgan fingerprint density at radius 1 is 0.944 bits per heavy atom. The van der Waals surface area contributed by atoms with E-state index in [4.69, 9.17) is 24.7 Å². The summed E-state index contributed by atoms with van der Waals surface area (Å²) < 4.78 is 42.5. The highest BCUT2D eigenvalue weighted by Crippen LogP contribution is 2.66. The number of rotatable bonds is 8. The fraction of sp³-hybridized carbons (Fsp3) is 0.667. The molecule has 12 nitrogen and oxygen atoms in total. The molecule has 5 N–H and O–H groups in total. The molecule has 0 bridgehead atoms. The Morgan fingerprint density at radius 2 is 1.44 bits per heavy atom. The Kier molecular flexibility index (Phi) is 6.48. The summed E-state index contributed by atoms with van der Waals surface area (Å²) in [5, 5.41) is 8.24. The van der Waals surface area contributed by atoms with Crippen LogP contribution in [-0.2, 0) is 31.6 Å². The summed E-state index contributed by atoms with van der Waals surface area (Å²) in [6, 6.07) is 0. The zero-order valence-electron chi connectivity index (χ0n) is 8.35. The number of phosphoric ester groups is 1. The quantitative estimate of drug-likeness (QED) is 0.337. The van der Waals surface area contributed by atoms with Crippen LogP contribution in [0.2, 0.25) is 0 Å². The van der Waals surface area contributed by atoms with Crippen LogP contribution in [0.5, 0.6) is 0 Å². The maximum absolute atomic E-state index is 10.9. The van der Waals surface area contributed by atoms with Gasteiger partial charge in [0.05, 0.1) is 0 Å². The van der Waals surface area contributed by atoms with Crippen LogP contribution in [0.1, 0.15) is 0 Å². The molecule has 0 aromatic rings. The smallest absolute Gasteiger partial charge is 0.388 e. The number of aliphatic hydroxyl groups excluding tert-OH is 1. The van der Waals surface area contributed by atoms with E-state index < -0.39 is 42.5 Å². The summed E-state index contributed by atoms with van der Waals surface area (Å²) in [6.45, 7) is -2.14. The van der Waals surface area contributed by atoms with Gasteiger partial charge in [0.1, 0.15) is 13.2 Å². The first kappa shape index (κ1) is 18.0. The Morgan fingerprint density at radius 3 is 1.83 bits per heavy atom. The monoisotopic (exact) mass is 330 g/mol. The van der Waals surface area contributed by atoms with Crippen LogP contribution >= 0.6 is 23.5 Å². The van der Waals surface area contributed by atoms with Crippen molar-refractivity contribution in [3.05, 3.63) is 0 Å². The van der Waals surface area contributed by atoms with Gasteiger partial charge in [0.25, 0.3) is 0 Å². The molecular weight excluding hydrogens is 321 g/mol. The van der Waals surface area contributed by atoms with Crippen molar-refractivity contribution in [3.8, 4) is 0 Å². The summed E-state index contributed by atoms with van der Waals surface area (Å²) in [5.41, 5.74) is 0. The average molecular weight is 330 g/mol. The molecule has 0 aliphatic carbocycles. The topological polar surface area (TPSA) is 197 Å². The van der Waals surface area contributed by atoms with Crippen molar-refractivity contribution in [2.24, 2.45) is 0 Å². The van der Waals surface area contributed by atoms with E-state index in [-0.39, 0.29) is 0 Å². The third kappa shape index (κ3) is 9.03. The van der Waals surface area contributed by atoms with Crippen LogP contribution in [0, 0.1) is 0 Å². The number of hydrogen-bond acceptors (Lipinski definition) is 8. The van der Waals surface area contributed by atoms with Crippen molar-refractivity contribution >= 4 is 29.3 Å². The fourth-order valence-corrected chi connectivity index (χ4v) is 3.50. The first-order valence-electron chi connectivity index (χ1n) is 3.78. The molecule has 18 heavy (non-hydrogen) atoms. The third-order valence-electron chi connectivity index (χ3n) is 0.981. The Hall–Kier alpha value is 0.0400. The average Bonchev–Trinajstić information content (AvgIpc) is 2.08. The van der Waals surface area contributed by atoms with Crippen LogP contribution in [0.15, 0.2) is 0 Å². The lowest BCUT2D eigenvalue weighted by Crippen LogP contribution is -2.11. The highest BCUT2D eigenvalue weighted by Gasteiger charge is 2.40. The molecule has 0 spiro atoms. The van der Waals surface area contributed by atoms with Gasteiger partial charge >= 0.3 is 23.5 Å². The van der Waals surface area contributed by atoms with Crippen LogP contribution < -0.4 is 0 Å². The standard InChI is InChI=1S/C3H9O12P3/c4-1-3(5)2-13-17(9,10)15-18(11,12)14-16(6,7)8/h4H,1-2H2,(H,9,10)(H,11,12)(H2,6,7,8). The Bertz CT molecular complexity index is 434. The lowest BCUT2D eigenvalue weighted by Gasteiger charge is -2.15. The number of ketones is 1. The second-order valence-electron chi connectivity index (χ2n) is 2.56. The number of aliphatic hydroxyl groups is 1. The molecule has 0 amide bonds.